The Kier molecular flexibility index (Phi) is 12.7. The van der Waals surface area contributed by atoms with Gasteiger partial charge in [-0.3, -0.25) is 19.2 Å². The highest BCUT2D eigenvalue weighted by molar-refractivity contribution is 5.90. The summed E-state index contributed by atoms with van der Waals surface area (Å²) in [6.07, 6.45) is 0.916. The van der Waals surface area contributed by atoms with Crippen molar-refractivity contribution >= 4 is 34.5 Å². The second-order valence-corrected chi connectivity index (χ2v) is 9.67. The van der Waals surface area contributed by atoms with E-state index >= 15 is 0 Å². The van der Waals surface area contributed by atoms with Gasteiger partial charge in [-0.2, -0.15) is 0 Å². The molecule has 0 fully saturated rings. The fraction of sp³-hybridized carbons (Fsp3) is 0.235. The molecule has 0 aliphatic heterocycles. The number of hydrogen-bond donors (Lipinski definition) is 3. The maximum absolute atomic E-state index is 12.4. The van der Waals surface area contributed by atoms with Gasteiger partial charge in [-0.15, -0.1) is 0 Å². The molecular formula is C34H37N3O5. The van der Waals surface area contributed by atoms with Crippen molar-refractivity contribution in [3.8, 4) is 0 Å². The molecule has 3 N–H and O–H groups in total. The Hall–Kier alpha value is -4.98. The number of rotatable bonds is 11. The van der Waals surface area contributed by atoms with Crippen LogP contribution in [0.15, 0.2) is 103 Å². The number of carbonyl (C=O) groups excluding carboxylic acids is 4. The molecule has 0 aromatic heterocycles. The van der Waals surface area contributed by atoms with E-state index in [1.54, 1.807) is 6.92 Å². The largest absolute Gasteiger partial charge is 0.461 e. The first-order valence-corrected chi connectivity index (χ1v) is 13.8. The summed E-state index contributed by atoms with van der Waals surface area (Å²) in [6, 6.07) is 32.5. The van der Waals surface area contributed by atoms with Crippen LogP contribution in [0.4, 0.5) is 0 Å². The molecule has 0 saturated heterocycles. The Morgan fingerprint density at radius 3 is 2.02 bits per heavy atom. The fourth-order valence-corrected chi connectivity index (χ4v) is 4.07. The van der Waals surface area contributed by atoms with Gasteiger partial charge < -0.3 is 20.7 Å². The van der Waals surface area contributed by atoms with Crippen LogP contribution >= 0.6 is 0 Å². The molecule has 4 aromatic carbocycles. The van der Waals surface area contributed by atoms with Crippen LogP contribution in [0.1, 0.15) is 37.0 Å². The van der Waals surface area contributed by atoms with Gasteiger partial charge >= 0.3 is 5.97 Å². The van der Waals surface area contributed by atoms with Crippen LogP contribution in [0.5, 0.6) is 0 Å². The fourth-order valence-electron chi connectivity index (χ4n) is 4.07. The molecule has 4 aromatic rings. The van der Waals surface area contributed by atoms with Crippen molar-refractivity contribution in [3.05, 3.63) is 120 Å². The Balaban J connectivity index is 0.000000369. The van der Waals surface area contributed by atoms with E-state index in [1.807, 2.05) is 103 Å². The molecule has 1 unspecified atom stereocenters. The van der Waals surface area contributed by atoms with Gasteiger partial charge in [0.2, 0.25) is 17.7 Å². The second-order valence-electron chi connectivity index (χ2n) is 9.67. The molecule has 0 heterocycles. The first kappa shape index (κ1) is 31.5. The summed E-state index contributed by atoms with van der Waals surface area (Å²) < 4.78 is 4.79. The number of nitrogens with one attached hydrogen (secondary N) is 3. The molecule has 8 heteroatoms. The Morgan fingerprint density at radius 1 is 0.714 bits per heavy atom. The molecule has 0 spiro atoms. The predicted octanol–water partition coefficient (Wildman–Crippen LogP) is 4.46. The number of ether oxygens (including phenoxy) is 1. The van der Waals surface area contributed by atoms with Crippen LogP contribution in [0, 0.1) is 0 Å². The lowest BCUT2D eigenvalue weighted by Gasteiger charge is -2.15. The summed E-state index contributed by atoms with van der Waals surface area (Å²) in [6.45, 7) is 3.61. The number of fused-ring (bicyclic) bond motifs is 1. The summed E-state index contributed by atoms with van der Waals surface area (Å²) in [5.41, 5.74) is 3.09. The minimum Gasteiger partial charge on any atom is -0.461 e. The monoisotopic (exact) mass is 567 g/mol. The van der Waals surface area contributed by atoms with E-state index in [4.69, 9.17) is 4.74 Å². The summed E-state index contributed by atoms with van der Waals surface area (Å²) >= 11 is 0. The summed E-state index contributed by atoms with van der Waals surface area (Å²) in [4.78, 5) is 46.8. The average Bonchev–Trinajstić information content (AvgIpc) is 3.02. The van der Waals surface area contributed by atoms with E-state index in [1.165, 1.54) is 6.92 Å². The number of hydrogen-bond acceptors (Lipinski definition) is 5. The zero-order valence-electron chi connectivity index (χ0n) is 24.0. The standard InChI is InChI=1S/C25H27N3O3.C9H10O2/c1-18(25(31)27-16-21-12-7-11-20-10-5-6-13-22(20)21)28-24(30)17-26-23(29)15-14-19-8-3-2-4-9-19;1-8(10)11-7-9-5-3-2-4-6-9/h2-13,18H,14-17H2,1H3,(H,26,29)(H,27,31)(H,28,30);2-6H,7H2,1H3. The number of aryl methyl sites for hydroxylation is 1. The molecule has 0 saturated carbocycles. The van der Waals surface area contributed by atoms with Gasteiger partial charge in [0.1, 0.15) is 12.6 Å². The molecule has 4 rings (SSSR count). The molecule has 218 valence electrons. The maximum Gasteiger partial charge on any atom is 0.302 e. The van der Waals surface area contributed by atoms with Crippen LogP contribution in [0.2, 0.25) is 0 Å². The van der Waals surface area contributed by atoms with Gasteiger partial charge in [0.25, 0.3) is 0 Å². The molecule has 0 bridgehead atoms. The van der Waals surface area contributed by atoms with Gasteiger partial charge in [-0.1, -0.05) is 103 Å². The topological polar surface area (TPSA) is 114 Å². The second kappa shape index (κ2) is 17.0. The first-order valence-electron chi connectivity index (χ1n) is 13.8. The van der Waals surface area contributed by atoms with Gasteiger partial charge in [-0.25, -0.2) is 0 Å². The normalized spacial score (nSPS) is 10.9. The highest BCUT2D eigenvalue weighted by Crippen LogP contribution is 2.18. The van der Waals surface area contributed by atoms with Crippen molar-refractivity contribution in [2.24, 2.45) is 0 Å². The summed E-state index contributed by atoms with van der Waals surface area (Å²) in [5, 5.41) is 10.3. The number of carbonyl (C=O) groups is 4. The SMILES string of the molecule is CC(=O)OCc1ccccc1.CC(NC(=O)CNC(=O)CCc1ccccc1)C(=O)NCc1cccc2ccccc12. The quantitative estimate of drug-likeness (QED) is 0.232. The van der Waals surface area contributed by atoms with E-state index in [0.717, 1.165) is 27.5 Å². The molecular weight excluding hydrogens is 530 g/mol. The minimum atomic E-state index is -0.705. The van der Waals surface area contributed by atoms with Crippen LogP contribution in [0.25, 0.3) is 10.8 Å². The van der Waals surface area contributed by atoms with Crippen molar-refractivity contribution in [3.63, 3.8) is 0 Å². The third kappa shape index (κ3) is 11.3. The predicted molar refractivity (Wildman–Crippen MR) is 163 cm³/mol. The zero-order chi connectivity index (χ0) is 30.2. The zero-order valence-corrected chi connectivity index (χ0v) is 24.0. The van der Waals surface area contributed by atoms with Crippen LogP contribution in [-0.4, -0.2) is 36.3 Å². The van der Waals surface area contributed by atoms with E-state index in [9.17, 15) is 19.2 Å². The van der Waals surface area contributed by atoms with Gasteiger partial charge in [-0.05, 0) is 40.8 Å². The van der Waals surface area contributed by atoms with Gasteiger partial charge in [0.05, 0.1) is 6.54 Å². The molecule has 0 radical (unpaired) electrons. The summed E-state index contributed by atoms with van der Waals surface area (Å²) in [5.74, 6) is -1.13. The van der Waals surface area contributed by atoms with Crippen LogP contribution in [-0.2, 0) is 43.5 Å². The molecule has 3 amide bonds. The smallest absolute Gasteiger partial charge is 0.302 e. The maximum atomic E-state index is 12.4. The third-order valence-corrected chi connectivity index (χ3v) is 6.32. The summed E-state index contributed by atoms with van der Waals surface area (Å²) in [7, 11) is 0. The first-order chi connectivity index (χ1) is 20.3. The Bertz CT molecular complexity index is 1450. The lowest BCUT2D eigenvalue weighted by atomic mass is 10.0. The number of esters is 1. The molecule has 1 atom stereocenters. The third-order valence-electron chi connectivity index (χ3n) is 6.32. The van der Waals surface area contributed by atoms with Crippen molar-refractivity contribution in [1.29, 1.82) is 0 Å². The Labute approximate surface area is 246 Å². The highest BCUT2D eigenvalue weighted by Gasteiger charge is 2.16. The van der Waals surface area contributed by atoms with E-state index < -0.39 is 11.9 Å². The molecule has 0 aliphatic carbocycles. The van der Waals surface area contributed by atoms with Crippen molar-refractivity contribution < 1.29 is 23.9 Å². The van der Waals surface area contributed by atoms with Crippen molar-refractivity contribution in [2.45, 2.75) is 45.9 Å². The lowest BCUT2D eigenvalue weighted by Crippen LogP contribution is -2.47. The molecule has 42 heavy (non-hydrogen) atoms. The van der Waals surface area contributed by atoms with Crippen molar-refractivity contribution in [2.75, 3.05) is 6.54 Å². The van der Waals surface area contributed by atoms with Gasteiger partial charge in [0, 0.05) is 19.9 Å². The minimum absolute atomic E-state index is 0.158. The van der Waals surface area contributed by atoms with E-state index in [0.29, 0.717) is 26.0 Å². The van der Waals surface area contributed by atoms with Crippen LogP contribution < -0.4 is 16.0 Å². The highest BCUT2D eigenvalue weighted by atomic mass is 16.5. The van der Waals surface area contributed by atoms with Crippen molar-refractivity contribution in [1.82, 2.24) is 16.0 Å². The van der Waals surface area contributed by atoms with Crippen LogP contribution in [0.3, 0.4) is 0 Å². The van der Waals surface area contributed by atoms with Gasteiger partial charge in [0.15, 0.2) is 0 Å². The number of amides is 3. The molecule has 0 aliphatic rings. The molecule has 8 nitrogen and oxygen atoms in total. The lowest BCUT2D eigenvalue weighted by molar-refractivity contribution is -0.142. The average molecular weight is 568 g/mol. The van der Waals surface area contributed by atoms with E-state index in [2.05, 4.69) is 16.0 Å². The van der Waals surface area contributed by atoms with E-state index in [-0.39, 0.29) is 24.3 Å². The number of benzene rings is 4. The Morgan fingerprint density at radius 2 is 1.33 bits per heavy atom.